The lowest BCUT2D eigenvalue weighted by molar-refractivity contribution is -0.192. The number of alkyl halides is 3. The number of hydrogen-bond acceptors (Lipinski definition) is 6. The highest BCUT2D eigenvalue weighted by Gasteiger charge is 2.38. The third-order valence-corrected chi connectivity index (χ3v) is 5.52. The smallest absolute Gasteiger partial charge is 0.475 e. The number of hydrogen-bond donors (Lipinski definition) is 3. The molecule has 1 atom stereocenters. The van der Waals surface area contributed by atoms with Gasteiger partial charge in [0.15, 0.2) is 0 Å². The lowest BCUT2D eigenvalue weighted by Crippen LogP contribution is -2.31. The van der Waals surface area contributed by atoms with Gasteiger partial charge in [0.2, 0.25) is 0 Å². The fourth-order valence-electron chi connectivity index (χ4n) is 3.81. The second kappa shape index (κ2) is 11.8. The van der Waals surface area contributed by atoms with Crippen molar-refractivity contribution >= 4 is 16.7 Å². The van der Waals surface area contributed by atoms with Crippen LogP contribution in [0.15, 0.2) is 65.5 Å². The summed E-state index contributed by atoms with van der Waals surface area (Å²) in [7, 11) is 0. The maximum atomic E-state index is 14.1. The van der Waals surface area contributed by atoms with Crippen LogP contribution in [0.2, 0.25) is 0 Å². The number of aromatic nitrogens is 2. The zero-order valence-electron chi connectivity index (χ0n) is 20.3. The molecule has 2 aromatic carbocycles. The molecule has 0 bridgehead atoms. The van der Waals surface area contributed by atoms with Crippen molar-refractivity contribution in [3.05, 3.63) is 88.2 Å². The molecule has 8 nitrogen and oxygen atoms in total. The molecule has 2 aromatic heterocycles. The Morgan fingerprint density at radius 3 is 2.31 bits per heavy atom. The number of carboxylic acid groups (broad SMARTS) is 1. The number of aliphatic hydroxyl groups excluding tert-OH is 2. The predicted molar refractivity (Wildman–Crippen MR) is 133 cm³/mol. The summed E-state index contributed by atoms with van der Waals surface area (Å²) in [6.45, 7) is 1.04. The van der Waals surface area contributed by atoms with Crippen LogP contribution in [-0.4, -0.2) is 49.7 Å². The molecular weight excluding hydrogens is 522 g/mol. The zero-order chi connectivity index (χ0) is 28.9. The molecule has 0 aliphatic carbocycles. The van der Waals surface area contributed by atoms with E-state index in [1.165, 1.54) is 18.2 Å². The number of halogens is 4. The van der Waals surface area contributed by atoms with Crippen molar-refractivity contribution in [3.8, 4) is 28.5 Å². The van der Waals surface area contributed by atoms with Crippen molar-refractivity contribution in [1.29, 1.82) is 5.26 Å². The van der Waals surface area contributed by atoms with E-state index in [1.807, 2.05) is 31.2 Å². The summed E-state index contributed by atoms with van der Waals surface area (Å²) in [5.41, 5.74) is 2.59. The van der Waals surface area contributed by atoms with E-state index in [0.29, 0.717) is 27.6 Å². The Bertz CT molecular complexity index is 1630. The highest BCUT2D eigenvalue weighted by atomic mass is 19.4. The van der Waals surface area contributed by atoms with Gasteiger partial charge in [0.1, 0.15) is 17.6 Å². The van der Waals surface area contributed by atoms with Gasteiger partial charge in [-0.25, -0.2) is 9.18 Å². The highest BCUT2D eigenvalue weighted by molar-refractivity contribution is 6.00. The third-order valence-electron chi connectivity index (χ3n) is 5.52. The summed E-state index contributed by atoms with van der Waals surface area (Å²) in [5, 5.41) is 37.1. The summed E-state index contributed by atoms with van der Waals surface area (Å²) >= 11 is 0. The summed E-state index contributed by atoms with van der Waals surface area (Å²) in [4.78, 5) is 26.7. The third kappa shape index (κ3) is 6.64. The highest BCUT2D eigenvalue weighted by Crippen LogP contribution is 2.33. The Labute approximate surface area is 218 Å². The lowest BCUT2D eigenvalue weighted by Gasteiger charge is -2.18. The van der Waals surface area contributed by atoms with E-state index in [-0.39, 0.29) is 12.2 Å². The van der Waals surface area contributed by atoms with Crippen LogP contribution in [0, 0.1) is 24.1 Å². The molecule has 0 fully saturated rings. The molecule has 0 saturated heterocycles. The minimum Gasteiger partial charge on any atom is -0.475 e. The maximum absolute atomic E-state index is 14.1. The van der Waals surface area contributed by atoms with Crippen molar-refractivity contribution in [3.63, 3.8) is 0 Å². The van der Waals surface area contributed by atoms with Crippen LogP contribution in [0.5, 0.6) is 0 Å². The van der Waals surface area contributed by atoms with Gasteiger partial charge in [0.05, 0.1) is 24.9 Å². The van der Waals surface area contributed by atoms with Crippen LogP contribution in [0.3, 0.4) is 0 Å². The fourth-order valence-corrected chi connectivity index (χ4v) is 3.81. The molecule has 0 spiro atoms. The average molecular weight is 543 g/mol. The standard InChI is InChI=1S/C25H20FN3O3.C2HF3O2/c1-15-4-2-7-22(28-15)16-8-9-20-21(11-16)24(17-5-3-6-18(26)10-17)23(12-27)29(25(20)32)13-19(31)14-30;3-2(4,5)1(6)7/h2-11,19,30-31H,13-14H2,1H3;(H,6,7). The number of aliphatic hydroxyl groups is 2. The quantitative estimate of drug-likeness (QED) is 0.323. The minimum atomic E-state index is -5.08. The Hall–Kier alpha value is -4.60. The van der Waals surface area contributed by atoms with Crippen molar-refractivity contribution in [1.82, 2.24) is 9.55 Å². The lowest BCUT2D eigenvalue weighted by atomic mass is 9.94. The molecular formula is C27H21F4N3O5. The molecule has 0 aliphatic heterocycles. The summed E-state index contributed by atoms with van der Waals surface area (Å²) in [6.07, 6.45) is -6.31. The molecule has 3 N–H and O–H groups in total. The Morgan fingerprint density at radius 1 is 1.08 bits per heavy atom. The van der Waals surface area contributed by atoms with Gasteiger partial charge in [0, 0.05) is 22.2 Å². The van der Waals surface area contributed by atoms with Gasteiger partial charge >= 0.3 is 12.1 Å². The SMILES string of the molecule is Cc1cccc(-c2ccc3c(=O)n(CC(O)CO)c(C#N)c(-c4cccc(F)c4)c3c2)n1.O=C(O)C(F)(F)F. The summed E-state index contributed by atoms with van der Waals surface area (Å²) in [6, 6.07) is 18.6. The van der Waals surface area contributed by atoms with E-state index >= 15 is 0 Å². The number of pyridine rings is 2. The molecule has 4 rings (SSSR count). The van der Waals surface area contributed by atoms with Crippen molar-refractivity contribution in [2.24, 2.45) is 0 Å². The van der Waals surface area contributed by atoms with Gasteiger partial charge < -0.3 is 15.3 Å². The molecule has 1 unspecified atom stereocenters. The normalized spacial score (nSPS) is 11.8. The van der Waals surface area contributed by atoms with Crippen LogP contribution < -0.4 is 5.56 Å². The van der Waals surface area contributed by atoms with Crippen LogP contribution in [0.4, 0.5) is 17.6 Å². The number of carbonyl (C=O) groups is 1. The van der Waals surface area contributed by atoms with Crippen LogP contribution in [0.1, 0.15) is 11.4 Å². The topological polar surface area (TPSA) is 136 Å². The van der Waals surface area contributed by atoms with Gasteiger partial charge in [0.25, 0.3) is 5.56 Å². The molecule has 2 heterocycles. The Balaban J connectivity index is 0.000000532. The van der Waals surface area contributed by atoms with E-state index < -0.39 is 36.2 Å². The largest absolute Gasteiger partial charge is 0.490 e. The average Bonchev–Trinajstić information content (AvgIpc) is 2.89. The monoisotopic (exact) mass is 543 g/mol. The van der Waals surface area contributed by atoms with Crippen molar-refractivity contribution in [2.45, 2.75) is 25.7 Å². The molecule has 0 aliphatic rings. The van der Waals surface area contributed by atoms with Crippen LogP contribution in [-0.2, 0) is 11.3 Å². The van der Waals surface area contributed by atoms with Crippen LogP contribution in [0.25, 0.3) is 33.2 Å². The Kier molecular flexibility index (Phi) is 8.80. The van der Waals surface area contributed by atoms with Gasteiger partial charge in [-0.15, -0.1) is 0 Å². The first-order chi connectivity index (χ1) is 18.4. The first-order valence-corrected chi connectivity index (χ1v) is 11.3. The molecule has 39 heavy (non-hydrogen) atoms. The number of benzene rings is 2. The van der Waals surface area contributed by atoms with Gasteiger partial charge in [-0.2, -0.15) is 18.4 Å². The van der Waals surface area contributed by atoms with Gasteiger partial charge in [-0.05, 0) is 54.3 Å². The first kappa shape index (κ1) is 29.0. The van der Waals surface area contributed by atoms with E-state index in [9.17, 15) is 37.8 Å². The number of nitriles is 1. The summed E-state index contributed by atoms with van der Waals surface area (Å²) < 4.78 is 47.0. The summed E-state index contributed by atoms with van der Waals surface area (Å²) in [5.74, 6) is -3.24. The molecule has 0 amide bonds. The molecule has 12 heteroatoms. The number of fused-ring (bicyclic) bond motifs is 1. The number of aryl methyl sites for hydroxylation is 1. The van der Waals surface area contributed by atoms with Gasteiger partial charge in [-0.3, -0.25) is 14.3 Å². The minimum absolute atomic E-state index is 0.0186. The van der Waals surface area contributed by atoms with Gasteiger partial charge in [-0.1, -0.05) is 24.3 Å². The van der Waals surface area contributed by atoms with Crippen molar-refractivity contribution in [2.75, 3.05) is 6.61 Å². The van der Waals surface area contributed by atoms with E-state index in [2.05, 4.69) is 4.98 Å². The number of nitrogens with zero attached hydrogens (tertiary/aromatic N) is 3. The number of aliphatic carboxylic acids is 1. The molecule has 4 aromatic rings. The maximum Gasteiger partial charge on any atom is 0.490 e. The Morgan fingerprint density at radius 2 is 1.74 bits per heavy atom. The molecule has 0 saturated carbocycles. The first-order valence-electron chi connectivity index (χ1n) is 11.3. The van der Waals surface area contributed by atoms with E-state index in [1.54, 1.807) is 24.3 Å². The second-order valence-corrected chi connectivity index (χ2v) is 8.33. The molecule has 0 radical (unpaired) electrons. The molecule has 202 valence electrons. The number of carboxylic acids is 1. The predicted octanol–water partition coefficient (Wildman–Crippen LogP) is 4.04. The van der Waals surface area contributed by atoms with E-state index in [4.69, 9.17) is 9.90 Å². The second-order valence-electron chi connectivity index (χ2n) is 8.33. The zero-order valence-corrected chi connectivity index (χ0v) is 20.3. The van der Waals surface area contributed by atoms with Crippen LogP contribution >= 0.6 is 0 Å². The number of rotatable bonds is 5. The van der Waals surface area contributed by atoms with Crippen molar-refractivity contribution < 1.29 is 37.7 Å². The van der Waals surface area contributed by atoms with E-state index in [0.717, 1.165) is 15.8 Å². The fraction of sp³-hybridized carbons (Fsp3) is 0.185.